The first-order valence-corrected chi connectivity index (χ1v) is 7.61. The molecule has 1 atom stereocenters. The van der Waals surface area contributed by atoms with Crippen LogP contribution in [0.4, 0.5) is 5.69 Å². The third kappa shape index (κ3) is 4.71. The van der Waals surface area contributed by atoms with Gasteiger partial charge < -0.3 is 15.0 Å². The lowest BCUT2D eigenvalue weighted by Crippen LogP contribution is -2.41. The highest BCUT2D eigenvalue weighted by Gasteiger charge is 2.24. The number of hydrogen-bond acceptors (Lipinski definition) is 3. The number of methoxy groups -OCH3 is 1. The fourth-order valence-electron chi connectivity index (χ4n) is 2.46. The van der Waals surface area contributed by atoms with E-state index >= 15 is 0 Å². The molecule has 0 spiro atoms. The van der Waals surface area contributed by atoms with E-state index in [1.165, 1.54) is 6.42 Å². The second-order valence-corrected chi connectivity index (χ2v) is 5.87. The van der Waals surface area contributed by atoms with Crippen molar-refractivity contribution in [2.24, 2.45) is 5.41 Å². The Morgan fingerprint density at radius 3 is 2.55 bits per heavy atom. The summed E-state index contributed by atoms with van der Waals surface area (Å²) in [5.74, 6) is 0.940. The van der Waals surface area contributed by atoms with E-state index in [0.29, 0.717) is 0 Å². The van der Waals surface area contributed by atoms with Crippen LogP contribution in [0.3, 0.4) is 0 Å². The maximum Gasteiger partial charge on any atom is 0.142 e. The van der Waals surface area contributed by atoms with Crippen LogP contribution >= 0.6 is 0 Å². The number of nitrogens with one attached hydrogen (secondary N) is 1. The van der Waals surface area contributed by atoms with E-state index < -0.39 is 0 Å². The van der Waals surface area contributed by atoms with Gasteiger partial charge >= 0.3 is 0 Å². The molecule has 0 aliphatic heterocycles. The number of benzene rings is 1. The maximum atomic E-state index is 5.46. The van der Waals surface area contributed by atoms with Crippen molar-refractivity contribution in [1.82, 2.24) is 5.32 Å². The number of para-hydroxylation sites is 2. The van der Waals surface area contributed by atoms with Crippen LogP contribution in [0, 0.1) is 5.41 Å². The summed E-state index contributed by atoms with van der Waals surface area (Å²) in [5, 5.41) is 3.55. The van der Waals surface area contributed by atoms with Gasteiger partial charge in [-0.2, -0.15) is 0 Å². The van der Waals surface area contributed by atoms with Crippen LogP contribution in [-0.4, -0.2) is 33.8 Å². The normalized spacial score (nSPS) is 13.8. The summed E-state index contributed by atoms with van der Waals surface area (Å²) in [4.78, 5) is 2.30. The lowest BCUT2D eigenvalue weighted by Gasteiger charge is -2.35. The highest BCUT2D eigenvalue weighted by Crippen LogP contribution is 2.30. The molecule has 0 saturated carbocycles. The standard InChI is InChI=1S/C17H30N2O/c1-6-12-18-13-17(3,7-2)14-19(4)15-10-8-9-11-16(15)20-5/h8-11,18H,6-7,12-14H2,1-5H3. The lowest BCUT2D eigenvalue weighted by atomic mass is 9.86. The molecule has 0 fully saturated rings. The number of anilines is 1. The average Bonchev–Trinajstić information content (AvgIpc) is 2.47. The Labute approximate surface area is 124 Å². The molecule has 3 heteroatoms. The van der Waals surface area contributed by atoms with Crippen LogP contribution in [0.25, 0.3) is 0 Å². The Balaban J connectivity index is 2.73. The monoisotopic (exact) mass is 278 g/mol. The van der Waals surface area contributed by atoms with Crippen LogP contribution in [-0.2, 0) is 0 Å². The number of nitrogens with zero attached hydrogens (tertiary/aromatic N) is 1. The molecule has 0 heterocycles. The highest BCUT2D eigenvalue weighted by molar-refractivity contribution is 5.57. The van der Waals surface area contributed by atoms with Crippen LogP contribution in [0.2, 0.25) is 0 Å². The van der Waals surface area contributed by atoms with Crippen LogP contribution < -0.4 is 15.0 Å². The predicted octanol–water partition coefficient (Wildman–Crippen LogP) is 3.55. The van der Waals surface area contributed by atoms with Crippen molar-refractivity contribution in [3.8, 4) is 5.75 Å². The van der Waals surface area contributed by atoms with Crippen molar-refractivity contribution in [1.29, 1.82) is 0 Å². The molecule has 0 aromatic heterocycles. The number of ether oxygens (including phenoxy) is 1. The molecule has 0 amide bonds. The molecule has 114 valence electrons. The van der Waals surface area contributed by atoms with Gasteiger partial charge in [-0.3, -0.25) is 0 Å². The summed E-state index contributed by atoms with van der Waals surface area (Å²) in [6.07, 6.45) is 2.34. The second kappa shape index (κ2) is 8.15. The predicted molar refractivity (Wildman–Crippen MR) is 87.8 cm³/mol. The van der Waals surface area contributed by atoms with Gasteiger partial charge in [-0.1, -0.05) is 32.9 Å². The van der Waals surface area contributed by atoms with Crippen molar-refractivity contribution in [2.75, 3.05) is 38.7 Å². The SMILES string of the molecule is CCCNCC(C)(CC)CN(C)c1ccccc1OC. The molecule has 0 radical (unpaired) electrons. The summed E-state index contributed by atoms with van der Waals surface area (Å²) in [7, 11) is 3.88. The first-order valence-electron chi connectivity index (χ1n) is 7.61. The van der Waals surface area contributed by atoms with Gasteiger partial charge in [0.15, 0.2) is 0 Å². The van der Waals surface area contributed by atoms with Crippen molar-refractivity contribution < 1.29 is 4.74 Å². The Morgan fingerprint density at radius 2 is 1.95 bits per heavy atom. The molecular formula is C17H30N2O. The zero-order chi connectivity index (χ0) is 15.0. The largest absolute Gasteiger partial charge is 0.495 e. The van der Waals surface area contributed by atoms with E-state index in [4.69, 9.17) is 4.74 Å². The minimum Gasteiger partial charge on any atom is -0.495 e. The van der Waals surface area contributed by atoms with Gasteiger partial charge in [0.1, 0.15) is 5.75 Å². The smallest absolute Gasteiger partial charge is 0.142 e. The second-order valence-electron chi connectivity index (χ2n) is 5.87. The van der Waals surface area contributed by atoms with E-state index in [0.717, 1.165) is 37.5 Å². The average molecular weight is 278 g/mol. The van der Waals surface area contributed by atoms with Gasteiger partial charge in [-0.15, -0.1) is 0 Å². The molecule has 0 aliphatic rings. The first-order chi connectivity index (χ1) is 9.56. The lowest BCUT2D eigenvalue weighted by molar-refractivity contribution is 0.298. The zero-order valence-electron chi connectivity index (χ0n) is 13.7. The van der Waals surface area contributed by atoms with Gasteiger partial charge in [0.05, 0.1) is 12.8 Å². The molecule has 0 bridgehead atoms. The molecule has 0 saturated heterocycles. The number of rotatable bonds is 9. The van der Waals surface area contributed by atoms with Gasteiger partial charge in [0.25, 0.3) is 0 Å². The summed E-state index contributed by atoms with van der Waals surface area (Å²) in [5.41, 5.74) is 1.43. The van der Waals surface area contributed by atoms with Crippen LogP contribution in [0.1, 0.15) is 33.6 Å². The van der Waals surface area contributed by atoms with Crippen LogP contribution in [0.5, 0.6) is 5.75 Å². The molecule has 3 nitrogen and oxygen atoms in total. The van der Waals surface area contributed by atoms with Gasteiger partial charge in [-0.25, -0.2) is 0 Å². The fourth-order valence-corrected chi connectivity index (χ4v) is 2.46. The van der Waals surface area contributed by atoms with E-state index in [9.17, 15) is 0 Å². The Morgan fingerprint density at radius 1 is 1.25 bits per heavy atom. The molecule has 1 rings (SSSR count). The van der Waals surface area contributed by atoms with Crippen molar-refractivity contribution in [3.63, 3.8) is 0 Å². The molecule has 20 heavy (non-hydrogen) atoms. The Bertz CT molecular complexity index is 394. The maximum absolute atomic E-state index is 5.46. The fraction of sp³-hybridized carbons (Fsp3) is 0.647. The molecule has 0 aliphatic carbocycles. The molecule has 1 unspecified atom stereocenters. The Hall–Kier alpha value is -1.22. The minimum atomic E-state index is 0.269. The summed E-state index contributed by atoms with van der Waals surface area (Å²) < 4.78 is 5.46. The van der Waals surface area contributed by atoms with Crippen molar-refractivity contribution in [2.45, 2.75) is 33.6 Å². The van der Waals surface area contributed by atoms with Crippen molar-refractivity contribution in [3.05, 3.63) is 24.3 Å². The number of hydrogen-bond donors (Lipinski definition) is 1. The third-order valence-corrected chi connectivity index (χ3v) is 3.95. The first kappa shape index (κ1) is 16.8. The minimum absolute atomic E-state index is 0.269. The third-order valence-electron chi connectivity index (χ3n) is 3.95. The summed E-state index contributed by atoms with van der Waals surface area (Å²) in [6.45, 7) is 9.98. The van der Waals surface area contributed by atoms with E-state index in [-0.39, 0.29) is 5.41 Å². The summed E-state index contributed by atoms with van der Waals surface area (Å²) in [6, 6.07) is 8.21. The van der Waals surface area contributed by atoms with Crippen molar-refractivity contribution >= 4 is 5.69 Å². The van der Waals surface area contributed by atoms with E-state index in [2.05, 4.69) is 50.2 Å². The van der Waals surface area contributed by atoms with E-state index in [1.54, 1.807) is 7.11 Å². The molecule has 1 aromatic rings. The molecular weight excluding hydrogens is 248 g/mol. The van der Waals surface area contributed by atoms with Gasteiger partial charge in [-0.05, 0) is 36.9 Å². The molecule has 1 N–H and O–H groups in total. The van der Waals surface area contributed by atoms with Gasteiger partial charge in [0.2, 0.25) is 0 Å². The Kier molecular flexibility index (Phi) is 6.86. The van der Waals surface area contributed by atoms with Gasteiger partial charge in [0, 0.05) is 20.1 Å². The zero-order valence-corrected chi connectivity index (χ0v) is 13.7. The topological polar surface area (TPSA) is 24.5 Å². The highest BCUT2D eigenvalue weighted by atomic mass is 16.5. The van der Waals surface area contributed by atoms with E-state index in [1.807, 2.05) is 12.1 Å². The summed E-state index contributed by atoms with van der Waals surface area (Å²) >= 11 is 0. The quantitative estimate of drug-likeness (QED) is 0.699. The van der Waals surface area contributed by atoms with Crippen LogP contribution in [0.15, 0.2) is 24.3 Å². The molecule has 1 aromatic carbocycles.